The maximum Gasteiger partial charge on any atom is 0.337 e. The monoisotopic (exact) mass is 1030 g/mol. The van der Waals surface area contributed by atoms with E-state index < -0.39 is 29.7 Å². The second-order valence-electron chi connectivity index (χ2n) is 14.8. The van der Waals surface area contributed by atoms with Crippen LogP contribution in [0.5, 0.6) is 0 Å². The van der Waals surface area contributed by atoms with Gasteiger partial charge in [0.1, 0.15) is 5.82 Å². The number of carbonyl (C=O) groups excluding carboxylic acids is 4. The van der Waals surface area contributed by atoms with Gasteiger partial charge in [0, 0.05) is 32.3 Å². The Hall–Kier alpha value is -6.51. The molecule has 0 saturated carbocycles. The average molecular weight is 1030 g/mol. The largest absolute Gasteiger partial charge is 0.465 e. The van der Waals surface area contributed by atoms with Crippen molar-refractivity contribution in [2.45, 2.75) is 5.79 Å². The number of aliphatic imine (C=N–C) groups is 2. The van der Waals surface area contributed by atoms with Gasteiger partial charge >= 0.3 is 23.9 Å². The minimum absolute atomic E-state index is 0.0293. The summed E-state index contributed by atoms with van der Waals surface area (Å²) in [5, 5.41) is 0.649. The minimum atomic E-state index is -2.12. The van der Waals surface area contributed by atoms with Crippen molar-refractivity contribution in [3.63, 3.8) is 0 Å². The smallest absolute Gasteiger partial charge is 0.337 e. The van der Waals surface area contributed by atoms with Crippen LogP contribution in [0.15, 0.2) is 131 Å². The molecular weight excluding hydrogens is 997 g/mol. The number of imidazole rings is 1. The molecular formula is C50H32Cl6N4O8. The third kappa shape index (κ3) is 8.87. The number of carbonyl (C=O) groups is 4. The molecule has 0 aliphatic carbocycles. The van der Waals surface area contributed by atoms with Gasteiger partial charge < -0.3 is 18.9 Å². The molecule has 2 heterocycles. The van der Waals surface area contributed by atoms with Crippen LogP contribution in [-0.2, 0) is 24.7 Å². The molecule has 0 amide bonds. The fourth-order valence-corrected chi connectivity index (χ4v) is 9.73. The van der Waals surface area contributed by atoms with Crippen LogP contribution < -0.4 is 0 Å². The lowest BCUT2D eigenvalue weighted by Crippen LogP contribution is -2.32. The van der Waals surface area contributed by atoms with E-state index in [1.807, 2.05) is 0 Å². The summed E-state index contributed by atoms with van der Waals surface area (Å²) in [5.41, 5.74) is 4.33. The SMILES string of the molecule is COC(=O)c1ccc(C2=NC(c3c(Cl)cc(Cl)cc3Cl)(n3c(-c4c(Cl)cc(Cl)cc4Cl)nc(-c4ccc(C(=O)OC)cc4)c3-c3ccc(C(=O)OC)cc3)N=C2c2ccc(C(=O)OC)cc2)cc1. The normalized spacial score (nSPS) is 12.8. The predicted molar refractivity (Wildman–Crippen MR) is 263 cm³/mol. The Kier molecular flexibility index (Phi) is 13.8. The van der Waals surface area contributed by atoms with Crippen LogP contribution in [0.2, 0.25) is 30.1 Å². The first-order valence-electron chi connectivity index (χ1n) is 20.0. The Morgan fingerprint density at radius 2 is 0.779 bits per heavy atom. The molecule has 0 fully saturated rings. The van der Waals surface area contributed by atoms with E-state index in [9.17, 15) is 19.2 Å². The highest BCUT2D eigenvalue weighted by Gasteiger charge is 2.48. The van der Waals surface area contributed by atoms with Gasteiger partial charge in [-0.1, -0.05) is 118 Å². The number of benzene rings is 6. The molecule has 7 aromatic rings. The third-order valence-corrected chi connectivity index (χ3v) is 12.5. The Bertz CT molecular complexity index is 3120. The topological polar surface area (TPSA) is 148 Å². The van der Waals surface area contributed by atoms with Crippen molar-refractivity contribution < 1.29 is 38.1 Å². The van der Waals surface area contributed by atoms with Crippen LogP contribution in [0.4, 0.5) is 0 Å². The van der Waals surface area contributed by atoms with Gasteiger partial charge in [-0.25, -0.2) is 34.1 Å². The number of halogens is 6. The Balaban J connectivity index is 1.59. The molecule has 0 atom stereocenters. The quantitative estimate of drug-likeness (QED) is 0.0912. The van der Waals surface area contributed by atoms with Gasteiger partial charge in [0.2, 0.25) is 0 Å². The fourth-order valence-electron chi connectivity index (χ4n) is 7.67. The zero-order chi connectivity index (χ0) is 48.6. The number of ether oxygens (including phenoxy) is 4. The van der Waals surface area contributed by atoms with Crippen LogP contribution in [0.1, 0.15) is 58.1 Å². The van der Waals surface area contributed by atoms with Crippen molar-refractivity contribution in [1.29, 1.82) is 0 Å². The number of rotatable bonds is 11. The zero-order valence-corrected chi connectivity index (χ0v) is 40.4. The summed E-state index contributed by atoms with van der Waals surface area (Å²) in [7, 11) is 5.10. The van der Waals surface area contributed by atoms with Crippen LogP contribution in [-0.4, -0.2) is 73.3 Å². The summed E-state index contributed by atoms with van der Waals surface area (Å²) in [4.78, 5) is 67.2. The van der Waals surface area contributed by atoms with E-state index >= 15 is 0 Å². The maximum atomic E-state index is 12.8. The highest BCUT2D eigenvalue weighted by atomic mass is 35.5. The molecule has 0 unspecified atom stereocenters. The first-order valence-corrected chi connectivity index (χ1v) is 22.3. The van der Waals surface area contributed by atoms with E-state index in [4.69, 9.17) is 104 Å². The lowest BCUT2D eigenvalue weighted by molar-refractivity contribution is 0.0592. The van der Waals surface area contributed by atoms with Gasteiger partial charge in [0.15, 0.2) is 0 Å². The highest BCUT2D eigenvalue weighted by molar-refractivity contribution is 6.55. The van der Waals surface area contributed by atoms with E-state index in [1.54, 1.807) is 102 Å². The van der Waals surface area contributed by atoms with Crippen molar-refractivity contribution >= 4 is 105 Å². The fraction of sp³-hybridized carbons (Fsp3) is 0.100. The predicted octanol–water partition coefficient (Wildman–Crippen LogP) is 12.6. The number of esters is 4. The molecule has 0 spiro atoms. The molecule has 1 aromatic heterocycles. The summed E-state index contributed by atoms with van der Waals surface area (Å²) in [6.07, 6.45) is 0. The number of aromatic nitrogens is 2. The van der Waals surface area contributed by atoms with Crippen molar-refractivity contribution in [1.82, 2.24) is 9.55 Å². The van der Waals surface area contributed by atoms with Gasteiger partial charge in [-0.05, 0) is 72.8 Å². The molecule has 0 radical (unpaired) electrons. The van der Waals surface area contributed by atoms with Crippen LogP contribution in [0.3, 0.4) is 0 Å². The Morgan fingerprint density at radius 3 is 1.13 bits per heavy atom. The van der Waals surface area contributed by atoms with Gasteiger partial charge in [-0.3, -0.25) is 4.57 Å². The van der Waals surface area contributed by atoms with Crippen LogP contribution in [0, 0.1) is 0 Å². The number of nitrogens with zero attached hydrogens (tertiary/aromatic N) is 4. The van der Waals surface area contributed by atoms with Crippen molar-refractivity contribution in [3.05, 3.63) is 190 Å². The Morgan fingerprint density at radius 1 is 0.456 bits per heavy atom. The third-order valence-electron chi connectivity index (χ3n) is 10.8. The number of hydrogen-bond acceptors (Lipinski definition) is 11. The molecule has 1 aliphatic heterocycles. The average Bonchev–Trinajstić information content (AvgIpc) is 3.93. The molecule has 68 heavy (non-hydrogen) atoms. The van der Waals surface area contributed by atoms with Crippen LogP contribution >= 0.6 is 69.6 Å². The molecule has 6 aromatic carbocycles. The molecule has 18 heteroatoms. The van der Waals surface area contributed by atoms with E-state index in [0.29, 0.717) is 27.9 Å². The summed E-state index contributed by atoms with van der Waals surface area (Å²) in [5.74, 6) is -4.34. The van der Waals surface area contributed by atoms with Gasteiger partial charge in [-0.15, -0.1) is 0 Å². The maximum absolute atomic E-state index is 12.8. The van der Waals surface area contributed by atoms with Crippen molar-refractivity contribution in [3.8, 4) is 33.9 Å². The lowest BCUT2D eigenvalue weighted by Gasteiger charge is -2.31. The molecule has 12 nitrogen and oxygen atoms in total. The van der Waals surface area contributed by atoms with E-state index in [0.717, 1.165) is 0 Å². The minimum Gasteiger partial charge on any atom is -0.465 e. The van der Waals surface area contributed by atoms with Crippen LogP contribution in [0.25, 0.3) is 33.9 Å². The molecule has 0 N–H and O–H groups in total. The van der Waals surface area contributed by atoms with Gasteiger partial charge in [0.25, 0.3) is 5.79 Å². The van der Waals surface area contributed by atoms with Crippen molar-refractivity contribution in [2.75, 3.05) is 28.4 Å². The summed E-state index contributed by atoms with van der Waals surface area (Å²) >= 11 is 42.0. The van der Waals surface area contributed by atoms with Gasteiger partial charge in [-0.2, -0.15) is 0 Å². The molecule has 0 saturated heterocycles. The second-order valence-corrected chi connectivity index (χ2v) is 17.3. The standard InChI is InChI=1S/C50H32Cl6N4O8/c1-65-46(61)29-13-5-25(6-14-29)41-42(26-7-15-30(16-8-26)47(62)66-2)59-50(58-41,40-37(55)23-34(52)24-38(40)56)60-44(28-11-19-32(20-12-28)49(64)68-4)43(27-9-17-31(18-10-27)48(63)67-3)57-45(60)39-35(53)21-33(51)22-36(39)54/h5-24H,1-4H3. The van der Waals surface area contributed by atoms with Gasteiger partial charge in [0.05, 0.1) is 105 Å². The van der Waals surface area contributed by atoms with E-state index in [-0.39, 0.29) is 86.5 Å². The lowest BCUT2D eigenvalue weighted by atomic mass is 9.98. The van der Waals surface area contributed by atoms with Crippen molar-refractivity contribution in [2.24, 2.45) is 9.98 Å². The summed E-state index contributed by atoms with van der Waals surface area (Å²) < 4.78 is 21.7. The van der Waals surface area contributed by atoms with E-state index in [2.05, 4.69) is 0 Å². The zero-order valence-electron chi connectivity index (χ0n) is 35.9. The molecule has 1 aliphatic rings. The molecule has 342 valence electrons. The number of methoxy groups -OCH3 is 4. The first kappa shape index (κ1) is 48.0. The van der Waals surface area contributed by atoms with E-state index in [1.165, 1.54) is 52.7 Å². The summed E-state index contributed by atoms with van der Waals surface area (Å²) in [6, 6.07) is 32.0. The second kappa shape index (κ2) is 19.6. The number of hydrogen-bond donors (Lipinski definition) is 0. The first-order chi connectivity index (χ1) is 32.6. The summed E-state index contributed by atoms with van der Waals surface area (Å²) in [6.45, 7) is 0. The molecule has 8 rings (SSSR count). The highest BCUT2D eigenvalue weighted by Crippen LogP contribution is 2.52. The molecule has 0 bridgehead atoms. The Labute approximate surface area is 418 Å².